The molecule has 0 spiro atoms. The van der Waals surface area contributed by atoms with Gasteiger partial charge in [-0.25, -0.2) is 0 Å². The molecule has 0 saturated heterocycles. The monoisotopic (exact) mass is 429 g/mol. The Morgan fingerprint density at radius 1 is 0.812 bits per heavy atom. The maximum atomic E-state index is 11.8. The molecule has 32 heavy (non-hydrogen) atoms. The fourth-order valence-corrected chi connectivity index (χ4v) is 3.65. The molecule has 0 aromatic heterocycles. The second-order valence-electron chi connectivity index (χ2n) is 7.95. The standard InChI is InChI=1S/C28H31NO3/c1-21(32-22(2)30)27(23-11-7-5-8-12-23)28(24-13-9-6-10-14-24)25-15-17-26(18-16-25)31-20-19-29(3)4/h5-18,21H,19-20H2,1-4H3. The van der Waals surface area contributed by atoms with Gasteiger partial charge >= 0.3 is 5.97 Å². The van der Waals surface area contributed by atoms with Crippen molar-refractivity contribution in [3.8, 4) is 5.75 Å². The first-order valence-corrected chi connectivity index (χ1v) is 10.9. The van der Waals surface area contributed by atoms with E-state index in [0.717, 1.165) is 40.1 Å². The van der Waals surface area contributed by atoms with Gasteiger partial charge in [-0.3, -0.25) is 4.79 Å². The van der Waals surface area contributed by atoms with Gasteiger partial charge in [0.05, 0.1) is 0 Å². The van der Waals surface area contributed by atoms with Gasteiger partial charge in [0.1, 0.15) is 18.5 Å². The normalized spacial score (nSPS) is 12.8. The molecule has 1 unspecified atom stereocenters. The van der Waals surface area contributed by atoms with Crippen molar-refractivity contribution in [2.75, 3.05) is 27.2 Å². The largest absolute Gasteiger partial charge is 0.492 e. The van der Waals surface area contributed by atoms with E-state index in [1.807, 2.05) is 69.6 Å². The minimum Gasteiger partial charge on any atom is -0.492 e. The van der Waals surface area contributed by atoms with E-state index >= 15 is 0 Å². The van der Waals surface area contributed by atoms with Crippen LogP contribution in [0.3, 0.4) is 0 Å². The predicted octanol–water partition coefficient (Wildman–Crippen LogP) is 5.54. The summed E-state index contributed by atoms with van der Waals surface area (Å²) in [5.74, 6) is 0.528. The van der Waals surface area contributed by atoms with Crippen molar-refractivity contribution in [2.24, 2.45) is 0 Å². The van der Waals surface area contributed by atoms with Crippen molar-refractivity contribution in [1.29, 1.82) is 0 Å². The molecule has 4 nitrogen and oxygen atoms in total. The van der Waals surface area contributed by atoms with Crippen molar-refractivity contribution in [1.82, 2.24) is 4.90 Å². The minimum atomic E-state index is -0.416. The summed E-state index contributed by atoms with van der Waals surface area (Å²) in [5.41, 5.74) is 5.12. The molecule has 0 fully saturated rings. The van der Waals surface area contributed by atoms with Crippen LogP contribution in [0.5, 0.6) is 5.75 Å². The maximum absolute atomic E-state index is 11.8. The molecule has 3 rings (SSSR count). The number of nitrogens with zero attached hydrogens (tertiary/aromatic N) is 1. The smallest absolute Gasteiger partial charge is 0.303 e. The molecule has 1 atom stereocenters. The summed E-state index contributed by atoms with van der Waals surface area (Å²) in [5, 5.41) is 0. The van der Waals surface area contributed by atoms with Crippen LogP contribution in [0.2, 0.25) is 0 Å². The molecule has 0 amide bonds. The topological polar surface area (TPSA) is 38.8 Å². The average Bonchev–Trinajstić information content (AvgIpc) is 2.78. The highest BCUT2D eigenvalue weighted by molar-refractivity contribution is 6.00. The molecule has 0 aliphatic heterocycles. The van der Waals surface area contributed by atoms with E-state index in [9.17, 15) is 4.79 Å². The Morgan fingerprint density at radius 2 is 1.34 bits per heavy atom. The summed E-state index contributed by atoms with van der Waals surface area (Å²) in [7, 11) is 4.05. The van der Waals surface area contributed by atoms with Crippen molar-refractivity contribution in [3.63, 3.8) is 0 Å². The number of likely N-dealkylation sites (N-methyl/N-ethyl adjacent to an activating group) is 1. The minimum absolute atomic E-state index is 0.303. The number of ether oxygens (including phenoxy) is 2. The van der Waals surface area contributed by atoms with Crippen molar-refractivity contribution in [2.45, 2.75) is 20.0 Å². The van der Waals surface area contributed by atoms with E-state index in [-0.39, 0.29) is 5.97 Å². The van der Waals surface area contributed by atoms with Crippen LogP contribution in [0, 0.1) is 0 Å². The summed E-state index contributed by atoms with van der Waals surface area (Å²) in [6.07, 6.45) is -0.416. The summed E-state index contributed by atoms with van der Waals surface area (Å²) in [6.45, 7) is 4.86. The number of rotatable bonds is 9. The lowest BCUT2D eigenvalue weighted by atomic mass is 9.87. The van der Waals surface area contributed by atoms with Crippen molar-refractivity contribution < 1.29 is 14.3 Å². The van der Waals surface area contributed by atoms with E-state index in [1.54, 1.807) is 0 Å². The first kappa shape index (κ1) is 23.3. The average molecular weight is 430 g/mol. The van der Waals surface area contributed by atoms with E-state index in [1.165, 1.54) is 6.92 Å². The highest BCUT2D eigenvalue weighted by atomic mass is 16.5. The van der Waals surface area contributed by atoms with Gasteiger partial charge in [0, 0.05) is 19.0 Å². The van der Waals surface area contributed by atoms with Crippen molar-refractivity contribution in [3.05, 3.63) is 102 Å². The highest BCUT2D eigenvalue weighted by Crippen LogP contribution is 2.36. The van der Waals surface area contributed by atoms with Gasteiger partial charge in [0.15, 0.2) is 0 Å². The first-order valence-electron chi connectivity index (χ1n) is 10.9. The van der Waals surface area contributed by atoms with E-state index < -0.39 is 6.10 Å². The van der Waals surface area contributed by atoms with Gasteiger partial charge < -0.3 is 14.4 Å². The number of esters is 1. The maximum Gasteiger partial charge on any atom is 0.303 e. The molecule has 0 aliphatic rings. The number of hydrogen-bond donors (Lipinski definition) is 0. The third-order valence-corrected chi connectivity index (χ3v) is 5.12. The molecule has 0 saturated carbocycles. The third-order valence-electron chi connectivity index (χ3n) is 5.12. The summed E-state index contributed by atoms with van der Waals surface area (Å²) in [4.78, 5) is 13.9. The van der Waals surface area contributed by atoms with Crippen LogP contribution in [-0.2, 0) is 9.53 Å². The molecule has 0 bridgehead atoms. The Morgan fingerprint density at radius 3 is 1.88 bits per heavy atom. The van der Waals surface area contributed by atoms with Crippen LogP contribution in [0.15, 0.2) is 84.9 Å². The Bertz CT molecular complexity index is 1030. The summed E-state index contributed by atoms with van der Waals surface area (Å²) >= 11 is 0. The Balaban J connectivity index is 2.11. The second kappa shape index (κ2) is 11.3. The third kappa shape index (κ3) is 6.32. The van der Waals surface area contributed by atoms with Gasteiger partial charge in [0.25, 0.3) is 0 Å². The molecular weight excluding hydrogens is 398 g/mol. The van der Waals surface area contributed by atoms with Crippen LogP contribution < -0.4 is 4.74 Å². The zero-order valence-electron chi connectivity index (χ0n) is 19.2. The molecule has 0 heterocycles. The zero-order valence-corrected chi connectivity index (χ0v) is 19.2. The fraction of sp³-hybridized carbons (Fsp3) is 0.250. The first-order chi connectivity index (χ1) is 15.5. The molecule has 3 aromatic rings. The summed E-state index contributed by atoms with van der Waals surface area (Å²) in [6, 6.07) is 28.4. The van der Waals surface area contributed by atoms with Gasteiger partial charge in [-0.2, -0.15) is 0 Å². The number of hydrogen-bond acceptors (Lipinski definition) is 4. The predicted molar refractivity (Wildman–Crippen MR) is 131 cm³/mol. The van der Waals surface area contributed by atoms with Gasteiger partial charge in [-0.05, 0) is 55.4 Å². The van der Waals surface area contributed by atoms with E-state index in [0.29, 0.717) is 6.61 Å². The molecule has 0 aliphatic carbocycles. The molecular formula is C28H31NO3. The second-order valence-corrected chi connectivity index (χ2v) is 7.95. The highest BCUT2D eigenvalue weighted by Gasteiger charge is 2.21. The van der Waals surface area contributed by atoms with Crippen LogP contribution in [0.25, 0.3) is 11.1 Å². The van der Waals surface area contributed by atoms with E-state index in [4.69, 9.17) is 9.47 Å². The number of carbonyl (C=O) groups excluding carboxylic acids is 1. The van der Waals surface area contributed by atoms with E-state index in [2.05, 4.69) is 41.3 Å². The Labute approximate surface area is 191 Å². The van der Waals surface area contributed by atoms with Crippen LogP contribution in [-0.4, -0.2) is 44.2 Å². The fourth-order valence-electron chi connectivity index (χ4n) is 3.65. The molecule has 3 aromatic carbocycles. The number of carbonyl (C=O) groups is 1. The molecule has 4 heteroatoms. The summed E-state index contributed by atoms with van der Waals surface area (Å²) < 4.78 is 11.5. The lowest BCUT2D eigenvalue weighted by Crippen LogP contribution is -2.19. The zero-order chi connectivity index (χ0) is 22.9. The van der Waals surface area contributed by atoms with Crippen molar-refractivity contribution >= 4 is 17.1 Å². The number of benzene rings is 3. The van der Waals surface area contributed by atoms with Gasteiger partial charge in [-0.15, -0.1) is 0 Å². The quantitative estimate of drug-likeness (QED) is 0.331. The molecule has 0 N–H and O–H groups in total. The SMILES string of the molecule is CC(=O)OC(C)C(=C(c1ccccc1)c1ccc(OCCN(C)C)cc1)c1ccccc1. The Kier molecular flexibility index (Phi) is 8.23. The van der Waals surface area contributed by atoms with Crippen LogP contribution >= 0.6 is 0 Å². The Hall–Kier alpha value is -3.37. The van der Waals surface area contributed by atoms with Crippen LogP contribution in [0.4, 0.5) is 0 Å². The van der Waals surface area contributed by atoms with Gasteiger partial charge in [-0.1, -0.05) is 72.8 Å². The molecule has 0 radical (unpaired) electrons. The lowest BCUT2D eigenvalue weighted by Gasteiger charge is -2.22. The van der Waals surface area contributed by atoms with Crippen LogP contribution in [0.1, 0.15) is 30.5 Å². The molecule has 166 valence electrons. The lowest BCUT2D eigenvalue weighted by molar-refractivity contribution is -0.142. The van der Waals surface area contributed by atoms with Gasteiger partial charge in [0.2, 0.25) is 0 Å².